The molecule has 6 nitrogen and oxygen atoms in total. The van der Waals surface area contributed by atoms with Crippen LogP contribution in [0.5, 0.6) is 5.75 Å². The van der Waals surface area contributed by atoms with Crippen molar-refractivity contribution in [3.8, 4) is 5.75 Å². The maximum atomic E-state index is 13.5. The van der Waals surface area contributed by atoms with E-state index in [4.69, 9.17) is 9.47 Å². The summed E-state index contributed by atoms with van der Waals surface area (Å²) >= 11 is 3.59. The van der Waals surface area contributed by atoms with E-state index in [9.17, 15) is 14.4 Å². The number of aryl methyl sites for hydroxylation is 1. The van der Waals surface area contributed by atoms with E-state index in [0.29, 0.717) is 64.3 Å². The number of Topliss-reactive ketones (excluding diaryl/α,β-unsaturated/α-hetero) is 2. The summed E-state index contributed by atoms with van der Waals surface area (Å²) in [6, 6.07) is 13.1. The second kappa shape index (κ2) is 10.1. The molecule has 7 heteroatoms. The van der Waals surface area contributed by atoms with Crippen molar-refractivity contribution in [2.45, 2.75) is 66.2 Å². The van der Waals surface area contributed by atoms with Crippen LogP contribution in [0.15, 0.2) is 69.6 Å². The summed E-state index contributed by atoms with van der Waals surface area (Å²) in [6.45, 7) is 10.1. The molecule has 0 spiro atoms. The Morgan fingerprint density at radius 3 is 2.03 bits per heavy atom. The maximum Gasteiger partial charge on any atom is 0.262 e. The van der Waals surface area contributed by atoms with Gasteiger partial charge in [-0.15, -0.1) is 0 Å². The molecule has 3 aliphatic rings. The van der Waals surface area contributed by atoms with E-state index in [0.717, 1.165) is 11.1 Å². The molecule has 5 rings (SSSR count). The Bertz CT molecular complexity index is 1380. The van der Waals surface area contributed by atoms with Crippen LogP contribution in [0.25, 0.3) is 0 Å². The van der Waals surface area contributed by atoms with E-state index in [1.165, 1.54) is 0 Å². The van der Waals surface area contributed by atoms with Gasteiger partial charge in [0.1, 0.15) is 17.3 Å². The highest BCUT2D eigenvalue weighted by molar-refractivity contribution is 9.10. The summed E-state index contributed by atoms with van der Waals surface area (Å²) in [5, 5.41) is 2.83. The lowest BCUT2D eigenvalue weighted by Gasteiger charge is -2.42. The smallest absolute Gasteiger partial charge is 0.262 e. The highest BCUT2D eigenvalue weighted by atomic mass is 79.9. The van der Waals surface area contributed by atoms with Crippen LogP contribution in [-0.4, -0.2) is 24.1 Å². The lowest BCUT2D eigenvalue weighted by atomic mass is 9.65. The average Bonchev–Trinajstić information content (AvgIpc) is 2.82. The minimum atomic E-state index is -0.480. The normalized spacial score (nSPS) is 20.3. The third-order valence-corrected chi connectivity index (χ3v) is 8.18. The number of benzene rings is 2. The molecule has 39 heavy (non-hydrogen) atoms. The fourth-order valence-electron chi connectivity index (χ4n) is 5.80. The third-order valence-electron chi connectivity index (χ3n) is 7.57. The average molecular weight is 593 g/mol. The maximum absolute atomic E-state index is 13.5. The van der Waals surface area contributed by atoms with Crippen molar-refractivity contribution in [1.82, 2.24) is 0 Å². The van der Waals surface area contributed by atoms with Gasteiger partial charge in [0.15, 0.2) is 18.2 Å². The number of carbonyl (C=O) groups is 3. The molecule has 1 N–H and O–H groups in total. The summed E-state index contributed by atoms with van der Waals surface area (Å²) in [5.74, 6) is 1.19. The third kappa shape index (κ3) is 5.74. The number of ketones is 2. The van der Waals surface area contributed by atoms with Crippen molar-refractivity contribution >= 4 is 39.1 Å². The predicted octanol–water partition coefficient (Wildman–Crippen LogP) is 7.18. The van der Waals surface area contributed by atoms with Crippen LogP contribution < -0.4 is 10.1 Å². The quantitative estimate of drug-likeness (QED) is 0.398. The first kappa shape index (κ1) is 27.4. The number of hydrogen-bond donors (Lipinski definition) is 1. The van der Waals surface area contributed by atoms with Crippen LogP contribution in [0.3, 0.4) is 0 Å². The molecule has 0 atom stereocenters. The summed E-state index contributed by atoms with van der Waals surface area (Å²) < 4.78 is 12.8. The monoisotopic (exact) mass is 591 g/mol. The van der Waals surface area contributed by atoms with Crippen LogP contribution >= 0.6 is 15.9 Å². The van der Waals surface area contributed by atoms with Gasteiger partial charge in [0.2, 0.25) is 0 Å². The molecule has 0 aromatic heterocycles. The highest BCUT2D eigenvalue weighted by Crippen LogP contribution is 2.53. The highest BCUT2D eigenvalue weighted by Gasteiger charge is 2.47. The molecular formula is C32H34BrNO5. The minimum absolute atomic E-state index is 0.0275. The van der Waals surface area contributed by atoms with Crippen molar-refractivity contribution in [1.29, 1.82) is 0 Å². The zero-order valence-electron chi connectivity index (χ0n) is 23.1. The first-order valence-electron chi connectivity index (χ1n) is 13.3. The van der Waals surface area contributed by atoms with Gasteiger partial charge in [-0.05, 0) is 63.5 Å². The Hall–Kier alpha value is -3.19. The summed E-state index contributed by atoms with van der Waals surface area (Å²) in [7, 11) is 0. The van der Waals surface area contributed by atoms with E-state index in [1.807, 2.05) is 43.3 Å². The molecular weight excluding hydrogens is 558 g/mol. The lowest BCUT2D eigenvalue weighted by Crippen LogP contribution is -2.37. The van der Waals surface area contributed by atoms with Crippen molar-refractivity contribution in [2.24, 2.45) is 10.8 Å². The van der Waals surface area contributed by atoms with E-state index >= 15 is 0 Å². The molecule has 0 fully saturated rings. The Morgan fingerprint density at radius 1 is 0.923 bits per heavy atom. The lowest BCUT2D eigenvalue weighted by molar-refractivity contribution is -0.120. The zero-order valence-corrected chi connectivity index (χ0v) is 24.7. The minimum Gasteiger partial charge on any atom is -0.483 e. The van der Waals surface area contributed by atoms with Crippen LogP contribution in [0.4, 0.5) is 5.69 Å². The van der Waals surface area contributed by atoms with Gasteiger partial charge in [0.05, 0.1) is 4.47 Å². The molecule has 0 saturated heterocycles. The number of amides is 1. The number of allylic oxidation sites excluding steroid dienone is 4. The molecule has 204 valence electrons. The van der Waals surface area contributed by atoms with Gasteiger partial charge >= 0.3 is 0 Å². The zero-order chi connectivity index (χ0) is 28.1. The standard InChI is InChI=1S/C32H34BrNO5/c1-18-6-9-20(10-7-18)34-27(37)17-38-24-11-8-19(12-21(24)33)28-29-22(35)13-31(2,3)15-25(29)39-26-16-32(4,5)14-23(36)30(26)28/h6-12,28H,13-17H2,1-5H3,(H,34,37). The van der Waals surface area contributed by atoms with Gasteiger partial charge in [-0.2, -0.15) is 0 Å². The van der Waals surface area contributed by atoms with Gasteiger partial charge in [0, 0.05) is 48.4 Å². The van der Waals surface area contributed by atoms with Crippen molar-refractivity contribution in [3.05, 3.63) is 80.7 Å². The summed E-state index contributed by atoms with van der Waals surface area (Å²) in [5.41, 5.74) is 3.42. The fourth-order valence-corrected chi connectivity index (χ4v) is 6.31. The Kier molecular flexibility index (Phi) is 7.08. The Labute approximate surface area is 238 Å². The molecule has 1 heterocycles. The fraction of sp³-hybridized carbons (Fsp3) is 0.406. The van der Waals surface area contributed by atoms with Crippen molar-refractivity contribution in [3.63, 3.8) is 0 Å². The number of hydrogen-bond acceptors (Lipinski definition) is 5. The second-order valence-electron chi connectivity index (χ2n) is 12.5. The van der Waals surface area contributed by atoms with Crippen molar-refractivity contribution < 1.29 is 23.9 Å². The van der Waals surface area contributed by atoms with E-state index in [-0.39, 0.29) is 34.9 Å². The van der Waals surface area contributed by atoms with Gasteiger partial charge < -0.3 is 14.8 Å². The molecule has 0 radical (unpaired) electrons. The molecule has 0 bridgehead atoms. The molecule has 1 amide bonds. The second-order valence-corrected chi connectivity index (χ2v) is 13.3. The van der Waals surface area contributed by atoms with Crippen LogP contribution in [0.1, 0.15) is 70.4 Å². The van der Waals surface area contributed by atoms with E-state index in [2.05, 4.69) is 48.9 Å². The topological polar surface area (TPSA) is 81.7 Å². The molecule has 0 saturated carbocycles. The van der Waals surface area contributed by atoms with Crippen LogP contribution in [-0.2, 0) is 19.1 Å². The first-order valence-corrected chi connectivity index (χ1v) is 14.1. The van der Waals surface area contributed by atoms with E-state index < -0.39 is 5.92 Å². The number of anilines is 1. The molecule has 1 aliphatic heterocycles. The van der Waals surface area contributed by atoms with Crippen molar-refractivity contribution in [2.75, 3.05) is 11.9 Å². The summed E-state index contributed by atoms with van der Waals surface area (Å²) in [4.78, 5) is 39.4. The van der Waals surface area contributed by atoms with Crippen LogP contribution in [0, 0.1) is 17.8 Å². The molecule has 2 aromatic carbocycles. The molecule has 0 unspecified atom stereocenters. The van der Waals surface area contributed by atoms with Gasteiger partial charge in [-0.1, -0.05) is 51.5 Å². The Balaban J connectivity index is 1.43. The number of halogens is 1. The molecule has 2 aromatic rings. The SMILES string of the molecule is Cc1ccc(NC(=O)COc2ccc(C3C4=C(CC(C)(C)CC4=O)OC4=C3C(=O)CC(C)(C)C4)cc2Br)cc1. The van der Waals surface area contributed by atoms with Gasteiger partial charge in [-0.3, -0.25) is 14.4 Å². The first-order chi connectivity index (χ1) is 18.3. The van der Waals surface area contributed by atoms with E-state index in [1.54, 1.807) is 6.07 Å². The predicted molar refractivity (Wildman–Crippen MR) is 153 cm³/mol. The Morgan fingerprint density at radius 2 is 1.49 bits per heavy atom. The number of rotatable bonds is 5. The van der Waals surface area contributed by atoms with Crippen LogP contribution in [0.2, 0.25) is 0 Å². The van der Waals surface area contributed by atoms with Gasteiger partial charge in [-0.25, -0.2) is 0 Å². The number of nitrogens with one attached hydrogen (secondary N) is 1. The largest absolute Gasteiger partial charge is 0.483 e. The number of ether oxygens (including phenoxy) is 2. The van der Waals surface area contributed by atoms with Gasteiger partial charge in [0.25, 0.3) is 5.91 Å². The number of carbonyl (C=O) groups excluding carboxylic acids is 3. The molecule has 2 aliphatic carbocycles. The summed E-state index contributed by atoms with van der Waals surface area (Å²) in [6.07, 6.45) is 2.11.